The molecule has 0 aromatic carbocycles. The quantitative estimate of drug-likeness (QED) is 0.617. The molecular weight excluding hydrogens is 233 g/mol. The van der Waals surface area contributed by atoms with Crippen LogP contribution in [0.4, 0.5) is 13.2 Å². The van der Waals surface area contributed by atoms with Crippen LogP contribution in [0.5, 0.6) is 0 Å². The van der Waals surface area contributed by atoms with Gasteiger partial charge in [0.25, 0.3) is 0 Å². The van der Waals surface area contributed by atoms with Gasteiger partial charge in [-0.1, -0.05) is 12.1 Å². The Balaban J connectivity index is 2.33. The molecule has 0 amide bonds. The molecule has 6 heteroatoms. The number of hydrogen-bond donors (Lipinski definition) is 1. The molecule has 1 saturated heterocycles. The van der Waals surface area contributed by atoms with Crippen LogP contribution in [0.1, 0.15) is 32.6 Å². The maximum absolute atomic E-state index is 12.0. The topological polar surface area (TPSA) is 35.8 Å². The van der Waals surface area contributed by atoms with Crippen LogP contribution in [0.25, 0.3) is 0 Å². The molecule has 1 aliphatic heterocycles. The van der Waals surface area contributed by atoms with Crippen molar-refractivity contribution in [1.82, 2.24) is 4.90 Å². The molecule has 1 atom stereocenters. The summed E-state index contributed by atoms with van der Waals surface area (Å²) in [6.45, 7) is 3.85. The second-order valence-electron chi connectivity index (χ2n) is 4.47. The molecule has 0 radical (unpaired) electrons. The highest BCUT2D eigenvalue weighted by Crippen LogP contribution is 2.23. The lowest BCUT2D eigenvalue weighted by atomic mass is 9.93. The molecule has 1 N–H and O–H groups in total. The highest BCUT2D eigenvalue weighted by molar-refractivity contribution is 5.87. The summed E-state index contributed by atoms with van der Waals surface area (Å²) in [5.74, 6) is 0.180. The number of rotatable bonds is 4. The third kappa shape index (κ3) is 4.93. The van der Waals surface area contributed by atoms with Crippen LogP contribution >= 0.6 is 0 Å². The van der Waals surface area contributed by atoms with Crippen LogP contribution in [-0.2, 0) is 0 Å². The zero-order valence-corrected chi connectivity index (χ0v) is 10.0. The Morgan fingerprint density at radius 2 is 2.18 bits per heavy atom. The Bertz CT molecular complexity index is 266. The van der Waals surface area contributed by atoms with E-state index in [1.54, 1.807) is 0 Å². The van der Waals surface area contributed by atoms with Crippen molar-refractivity contribution in [3.63, 3.8) is 0 Å². The monoisotopic (exact) mass is 252 g/mol. The molecule has 1 fully saturated rings. The van der Waals surface area contributed by atoms with Gasteiger partial charge in [-0.2, -0.15) is 13.2 Å². The molecule has 100 valence electrons. The average Bonchev–Trinajstić information content (AvgIpc) is 2.27. The SMILES string of the molecule is CCC1CN(CCCC(F)(F)F)CCC1=NO. The lowest BCUT2D eigenvalue weighted by Gasteiger charge is -2.32. The molecule has 3 nitrogen and oxygen atoms in total. The predicted molar refractivity (Wildman–Crippen MR) is 59.3 cm³/mol. The largest absolute Gasteiger partial charge is 0.411 e. The van der Waals surface area contributed by atoms with E-state index in [9.17, 15) is 13.2 Å². The summed E-state index contributed by atoms with van der Waals surface area (Å²) in [6.07, 6.45) is -3.12. The van der Waals surface area contributed by atoms with Crippen LogP contribution in [-0.4, -0.2) is 41.6 Å². The second kappa shape index (κ2) is 6.23. The standard InChI is InChI=1S/C11H19F3N2O/c1-2-9-8-16(7-4-10(9)15-17)6-3-5-11(12,13)14/h9,17H,2-8H2,1H3. The van der Waals surface area contributed by atoms with Crippen molar-refractivity contribution < 1.29 is 18.4 Å². The van der Waals surface area contributed by atoms with Gasteiger partial charge in [-0.15, -0.1) is 0 Å². The minimum absolute atomic E-state index is 0.144. The Hall–Kier alpha value is -0.780. The first-order chi connectivity index (χ1) is 7.96. The van der Waals surface area contributed by atoms with Gasteiger partial charge in [0.05, 0.1) is 5.71 Å². The van der Waals surface area contributed by atoms with Crippen LogP contribution in [0.2, 0.25) is 0 Å². The van der Waals surface area contributed by atoms with E-state index in [0.29, 0.717) is 26.1 Å². The first kappa shape index (κ1) is 14.3. The third-order valence-corrected chi connectivity index (χ3v) is 3.19. The van der Waals surface area contributed by atoms with E-state index in [0.717, 1.165) is 12.1 Å². The minimum atomic E-state index is -4.06. The summed E-state index contributed by atoms with van der Waals surface area (Å²) in [5.41, 5.74) is 0.777. The fourth-order valence-corrected chi connectivity index (χ4v) is 2.19. The van der Waals surface area contributed by atoms with Crippen molar-refractivity contribution in [2.75, 3.05) is 19.6 Å². The van der Waals surface area contributed by atoms with Crippen molar-refractivity contribution in [2.45, 2.75) is 38.8 Å². The zero-order chi connectivity index (χ0) is 12.9. The van der Waals surface area contributed by atoms with E-state index in [1.807, 2.05) is 11.8 Å². The van der Waals surface area contributed by atoms with Crippen molar-refractivity contribution in [3.8, 4) is 0 Å². The van der Waals surface area contributed by atoms with Crippen LogP contribution in [0, 0.1) is 5.92 Å². The Labute approximate surface area is 99.3 Å². The predicted octanol–water partition coefficient (Wildman–Crippen LogP) is 2.89. The molecule has 17 heavy (non-hydrogen) atoms. The number of halogens is 3. The average molecular weight is 252 g/mol. The maximum atomic E-state index is 12.0. The first-order valence-electron chi connectivity index (χ1n) is 5.96. The fourth-order valence-electron chi connectivity index (χ4n) is 2.19. The van der Waals surface area contributed by atoms with E-state index < -0.39 is 12.6 Å². The second-order valence-corrected chi connectivity index (χ2v) is 4.47. The summed E-state index contributed by atoms with van der Waals surface area (Å²) in [7, 11) is 0. The molecule has 0 aromatic heterocycles. The normalized spacial score (nSPS) is 25.4. The maximum Gasteiger partial charge on any atom is 0.389 e. The summed E-state index contributed by atoms with van der Waals surface area (Å²) < 4.78 is 36.0. The van der Waals surface area contributed by atoms with Crippen molar-refractivity contribution in [1.29, 1.82) is 0 Å². The Morgan fingerprint density at radius 3 is 2.71 bits per heavy atom. The summed E-state index contributed by atoms with van der Waals surface area (Å²) >= 11 is 0. The Kier molecular flexibility index (Phi) is 5.24. The molecule has 1 aliphatic rings. The van der Waals surface area contributed by atoms with Gasteiger partial charge >= 0.3 is 6.18 Å². The number of nitrogens with zero attached hydrogens (tertiary/aromatic N) is 2. The molecule has 1 rings (SSSR count). The van der Waals surface area contributed by atoms with Crippen molar-refractivity contribution in [2.24, 2.45) is 11.1 Å². The summed E-state index contributed by atoms with van der Waals surface area (Å²) in [6, 6.07) is 0. The molecule has 0 aromatic rings. The molecule has 0 spiro atoms. The number of piperidine rings is 1. The molecule has 1 heterocycles. The number of alkyl halides is 3. The van der Waals surface area contributed by atoms with Crippen LogP contribution in [0.15, 0.2) is 5.16 Å². The van der Waals surface area contributed by atoms with Crippen molar-refractivity contribution in [3.05, 3.63) is 0 Å². The minimum Gasteiger partial charge on any atom is -0.411 e. The zero-order valence-electron chi connectivity index (χ0n) is 10.0. The highest BCUT2D eigenvalue weighted by Gasteiger charge is 2.28. The summed E-state index contributed by atoms with van der Waals surface area (Å²) in [4.78, 5) is 2.02. The van der Waals surface area contributed by atoms with E-state index in [1.165, 1.54) is 0 Å². The van der Waals surface area contributed by atoms with Gasteiger partial charge < -0.3 is 10.1 Å². The lowest BCUT2D eigenvalue weighted by molar-refractivity contribution is -0.136. The van der Waals surface area contributed by atoms with Gasteiger partial charge in [0, 0.05) is 31.8 Å². The molecule has 0 aliphatic carbocycles. The molecule has 0 bridgehead atoms. The summed E-state index contributed by atoms with van der Waals surface area (Å²) in [5, 5.41) is 12.0. The smallest absolute Gasteiger partial charge is 0.389 e. The molecule has 1 unspecified atom stereocenters. The van der Waals surface area contributed by atoms with Gasteiger partial charge in [0.1, 0.15) is 0 Å². The number of hydrogen-bond acceptors (Lipinski definition) is 3. The van der Waals surface area contributed by atoms with Gasteiger partial charge in [-0.25, -0.2) is 0 Å². The Morgan fingerprint density at radius 1 is 1.47 bits per heavy atom. The van der Waals surface area contributed by atoms with Gasteiger partial charge in [0.15, 0.2) is 0 Å². The van der Waals surface area contributed by atoms with Crippen molar-refractivity contribution >= 4 is 5.71 Å². The van der Waals surface area contributed by atoms with E-state index in [-0.39, 0.29) is 12.3 Å². The van der Waals surface area contributed by atoms with E-state index in [2.05, 4.69) is 5.16 Å². The molecule has 0 saturated carbocycles. The number of oxime groups is 1. The first-order valence-corrected chi connectivity index (χ1v) is 5.96. The fraction of sp³-hybridized carbons (Fsp3) is 0.909. The van der Waals surface area contributed by atoms with Crippen LogP contribution < -0.4 is 0 Å². The van der Waals surface area contributed by atoms with E-state index in [4.69, 9.17) is 5.21 Å². The number of likely N-dealkylation sites (tertiary alicyclic amines) is 1. The highest BCUT2D eigenvalue weighted by atomic mass is 19.4. The van der Waals surface area contributed by atoms with Crippen LogP contribution in [0.3, 0.4) is 0 Å². The lowest BCUT2D eigenvalue weighted by Crippen LogP contribution is -2.41. The van der Waals surface area contributed by atoms with Gasteiger partial charge in [-0.05, 0) is 19.4 Å². The van der Waals surface area contributed by atoms with Gasteiger partial charge in [0.2, 0.25) is 0 Å². The van der Waals surface area contributed by atoms with E-state index >= 15 is 0 Å². The molecular formula is C11H19F3N2O. The van der Waals surface area contributed by atoms with Gasteiger partial charge in [-0.3, -0.25) is 0 Å². The third-order valence-electron chi connectivity index (χ3n) is 3.19.